The second kappa shape index (κ2) is 3.89. The van der Waals surface area contributed by atoms with Crippen LogP contribution in [0.2, 0.25) is 0 Å². The van der Waals surface area contributed by atoms with Crippen molar-refractivity contribution in [3.63, 3.8) is 0 Å². The van der Waals surface area contributed by atoms with E-state index in [2.05, 4.69) is 23.6 Å². The van der Waals surface area contributed by atoms with Crippen LogP contribution in [0, 0.1) is 11.3 Å². The molecule has 3 heteroatoms. The predicted octanol–water partition coefficient (Wildman–Crippen LogP) is 1.40. The van der Waals surface area contributed by atoms with E-state index in [0.29, 0.717) is 12.0 Å². The Balaban J connectivity index is 1.88. The Morgan fingerprint density at radius 2 is 2.07 bits per heavy atom. The summed E-state index contributed by atoms with van der Waals surface area (Å²) in [7, 11) is 0. The summed E-state index contributed by atoms with van der Waals surface area (Å²) in [5, 5.41) is 8.02. The van der Waals surface area contributed by atoms with Crippen molar-refractivity contribution in [2.24, 2.45) is 5.92 Å². The summed E-state index contributed by atoms with van der Waals surface area (Å²) < 4.78 is 0. The first-order valence-corrected chi connectivity index (χ1v) is 5.79. The summed E-state index contributed by atoms with van der Waals surface area (Å²) in [5.74, 6) is 1.52. The van der Waals surface area contributed by atoms with Gasteiger partial charge in [-0.1, -0.05) is 6.92 Å². The fourth-order valence-electron chi connectivity index (χ4n) is 2.30. The molecule has 0 spiro atoms. The molecule has 1 N–H and O–H groups in total. The highest BCUT2D eigenvalue weighted by Crippen LogP contribution is 2.31. The van der Waals surface area contributed by atoms with Gasteiger partial charge in [0.25, 0.3) is 0 Å². The van der Waals surface area contributed by atoms with Crippen LogP contribution in [0.3, 0.4) is 0 Å². The molecule has 0 aromatic carbocycles. The third-order valence-corrected chi connectivity index (χ3v) is 3.48. The first-order valence-electron chi connectivity index (χ1n) is 5.79. The Hall–Kier alpha value is -0.570. The van der Waals surface area contributed by atoms with Gasteiger partial charge in [-0.3, -0.25) is 10.3 Å². The summed E-state index contributed by atoms with van der Waals surface area (Å²) >= 11 is 0. The summed E-state index contributed by atoms with van der Waals surface area (Å²) in [5.41, 5.74) is 0. The molecule has 1 atom stereocenters. The fourth-order valence-corrected chi connectivity index (χ4v) is 2.30. The van der Waals surface area contributed by atoms with Gasteiger partial charge < -0.3 is 4.90 Å². The maximum absolute atomic E-state index is 8.02. The van der Waals surface area contributed by atoms with Crippen LogP contribution in [0.1, 0.15) is 26.7 Å². The quantitative estimate of drug-likeness (QED) is 0.533. The number of amidine groups is 1. The van der Waals surface area contributed by atoms with E-state index in [-0.39, 0.29) is 0 Å². The normalized spacial score (nSPS) is 29.3. The van der Waals surface area contributed by atoms with Crippen LogP contribution in [-0.2, 0) is 0 Å². The maximum Gasteiger partial charge on any atom is 0.0990 e. The van der Waals surface area contributed by atoms with Crippen molar-refractivity contribution in [2.45, 2.75) is 32.7 Å². The van der Waals surface area contributed by atoms with E-state index in [1.165, 1.54) is 12.8 Å². The summed E-state index contributed by atoms with van der Waals surface area (Å²) in [6, 6.07) is 0.618. The molecule has 1 aliphatic carbocycles. The minimum atomic E-state index is 0.607. The van der Waals surface area contributed by atoms with Crippen LogP contribution in [0.4, 0.5) is 0 Å². The van der Waals surface area contributed by atoms with Crippen LogP contribution in [0.25, 0.3) is 0 Å². The lowest BCUT2D eigenvalue weighted by Crippen LogP contribution is -2.53. The van der Waals surface area contributed by atoms with Gasteiger partial charge in [0.1, 0.15) is 0 Å². The molecule has 0 aromatic rings. The predicted molar refractivity (Wildman–Crippen MR) is 58.7 cm³/mol. The molecule has 2 rings (SSSR count). The molecular weight excluding hydrogens is 174 g/mol. The number of nitrogens with zero attached hydrogens (tertiary/aromatic N) is 2. The van der Waals surface area contributed by atoms with Gasteiger partial charge in [0.2, 0.25) is 0 Å². The van der Waals surface area contributed by atoms with Crippen molar-refractivity contribution in [2.75, 3.05) is 26.2 Å². The monoisotopic (exact) mass is 195 g/mol. The summed E-state index contributed by atoms with van der Waals surface area (Å²) in [4.78, 5) is 4.78. The van der Waals surface area contributed by atoms with Gasteiger partial charge in [-0.05, 0) is 26.3 Å². The van der Waals surface area contributed by atoms with Crippen molar-refractivity contribution in [3.8, 4) is 0 Å². The second-order valence-corrected chi connectivity index (χ2v) is 4.58. The molecule has 1 saturated carbocycles. The standard InChI is InChI=1S/C11H21N3/c1-3-13-6-7-14(8-9(13)2)11(12)10-4-5-10/h9-10,12H,3-8H2,1-2H3. The van der Waals surface area contributed by atoms with Gasteiger partial charge in [-0.25, -0.2) is 0 Å². The van der Waals surface area contributed by atoms with E-state index in [0.717, 1.165) is 32.0 Å². The molecule has 1 saturated heterocycles. The molecule has 3 nitrogen and oxygen atoms in total. The molecule has 0 bridgehead atoms. The Kier molecular flexibility index (Phi) is 2.77. The van der Waals surface area contributed by atoms with E-state index >= 15 is 0 Å². The van der Waals surface area contributed by atoms with Crippen molar-refractivity contribution < 1.29 is 0 Å². The summed E-state index contributed by atoms with van der Waals surface area (Å²) in [6.07, 6.45) is 2.50. The lowest BCUT2D eigenvalue weighted by Gasteiger charge is -2.40. The van der Waals surface area contributed by atoms with Gasteiger partial charge in [0, 0.05) is 31.6 Å². The van der Waals surface area contributed by atoms with Crippen molar-refractivity contribution in [3.05, 3.63) is 0 Å². The zero-order valence-corrected chi connectivity index (χ0v) is 9.29. The summed E-state index contributed by atoms with van der Waals surface area (Å²) in [6.45, 7) is 8.89. The van der Waals surface area contributed by atoms with Gasteiger partial charge in [-0.15, -0.1) is 0 Å². The Bertz CT molecular complexity index is 223. The van der Waals surface area contributed by atoms with Crippen molar-refractivity contribution in [1.82, 2.24) is 9.80 Å². The molecule has 1 heterocycles. The van der Waals surface area contributed by atoms with E-state index in [1.54, 1.807) is 0 Å². The highest BCUT2D eigenvalue weighted by Gasteiger charge is 2.32. The number of nitrogens with one attached hydrogen (secondary N) is 1. The molecule has 2 aliphatic rings. The maximum atomic E-state index is 8.02. The van der Waals surface area contributed by atoms with Gasteiger partial charge in [-0.2, -0.15) is 0 Å². The number of rotatable bonds is 2. The smallest absolute Gasteiger partial charge is 0.0990 e. The number of hydrogen-bond acceptors (Lipinski definition) is 2. The third-order valence-electron chi connectivity index (χ3n) is 3.48. The zero-order valence-electron chi connectivity index (χ0n) is 9.29. The van der Waals surface area contributed by atoms with Crippen LogP contribution in [0.5, 0.6) is 0 Å². The van der Waals surface area contributed by atoms with Gasteiger partial charge in [0.05, 0.1) is 5.84 Å². The Labute approximate surface area is 86.6 Å². The van der Waals surface area contributed by atoms with E-state index < -0.39 is 0 Å². The van der Waals surface area contributed by atoms with Crippen LogP contribution in [0.15, 0.2) is 0 Å². The van der Waals surface area contributed by atoms with Crippen LogP contribution < -0.4 is 0 Å². The number of hydrogen-bond donors (Lipinski definition) is 1. The molecule has 0 amide bonds. The average Bonchev–Trinajstić information content (AvgIpc) is 3.00. The largest absolute Gasteiger partial charge is 0.357 e. The molecule has 2 fully saturated rings. The zero-order chi connectivity index (χ0) is 10.1. The molecule has 14 heavy (non-hydrogen) atoms. The van der Waals surface area contributed by atoms with Crippen molar-refractivity contribution >= 4 is 5.84 Å². The van der Waals surface area contributed by atoms with Gasteiger partial charge >= 0.3 is 0 Å². The Morgan fingerprint density at radius 3 is 2.57 bits per heavy atom. The van der Waals surface area contributed by atoms with E-state index in [1.807, 2.05) is 0 Å². The molecule has 1 unspecified atom stereocenters. The first-order chi connectivity index (χ1) is 6.72. The third kappa shape index (κ3) is 1.92. The highest BCUT2D eigenvalue weighted by molar-refractivity contribution is 5.83. The minimum absolute atomic E-state index is 0.607. The van der Waals surface area contributed by atoms with E-state index in [4.69, 9.17) is 5.41 Å². The fraction of sp³-hybridized carbons (Fsp3) is 0.909. The number of piperazine rings is 1. The lowest BCUT2D eigenvalue weighted by molar-refractivity contribution is 0.127. The second-order valence-electron chi connectivity index (χ2n) is 4.58. The average molecular weight is 195 g/mol. The first kappa shape index (κ1) is 9.97. The molecule has 0 aromatic heterocycles. The molecule has 0 radical (unpaired) electrons. The molecular formula is C11H21N3. The SMILES string of the molecule is CCN1CCN(C(=N)C2CC2)CC1C. The van der Waals surface area contributed by atoms with Crippen LogP contribution >= 0.6 is 0 Å². The van der Waals surface area contributed by atoms with E-state index in [9.17, 15) is 0 Å². The number of likely N-dealkylation sites (N-methyl/N-ethyl adjacent to an activating group) is 1. The highest BCUT2D eigenvalue weighted by atomic mass is 15.3. The molecule has 1 aliphatic heterocycles. The minimum Gasteiger partial charge on any atom is -0.357 e. The Morgan fingerprint density at radius 1 is 1.36 bits per heavy atom. The molecule has 80 valence electrons. The topological polar surface area (TPSA) is 30.3 Å². The van der Waals surface area contributed by atoms with Crippen LogP contribution in [-0.4, -0.2) is 47.9 Å². The lowest BCUT2D eigenvalue weighted by atomic mass is 10.1. The van der Waals surface area contributed by atoms with Gasteiger partial charge in [0.15, 0.2) is 0 Å². The van der Waals surface area contributed by atoms with Crippen molar-refractivity contribution in [1.29, 1.82) is 5.41 Å².